The van der Waals surface area contributed by atoms with Gasteiger partial charge in [-0.15, -0.1) is 0 Å². The summed E-state index contributed by atoms with van der Waals surface area (Å²) in [5.74, 6) is -0.447. The fourth-order valence-corrected chi connectivity index (χ4v) is 3.15. The van der Waals surface area contributed by atoms with Crippen LogP contribution in [-0.4, -0.2) is 20.9 Å². The molecule has 10 heteroatoms. The molecule has 0 fully saturated rings. The third kappa shape index (κ3) is 4.74. The van der Waals surface area contributed by atoms with Crippen LogP contribution in [0.2, 0.25) is 0 Å². The number of nitro benzene ring substituents is 1. The van der Waals surface area contributed by atoms with Gasteiger partial charge in [-0.1, -0.05) is 24.3 Å². The van der Waals surface area contributed by atoms with Crippen LogP contribution >= 0.6 is 0 Å². The molecule has 166 valence electrons. The summed E-state index contributed by atoms with van der Waals surface area (Å²) < 4.78 is 44.3. The number of carbonyl (C=O) groups excluding carboxylic acids is 1. The number of non-ortho nitro benzene ring substituents is 1. The van der Waals surface area contributed by atoms with Crippen molar-refractivity contribution in [2.45, 2.75) is 6.18 Å². The number of allylic oxidation sites excluding steroid dienone is 1. The number of ketones is 1. The van der Waals surface area contributed by atoms with Crippen LogP contribution in [0.4, 0.5) is 18.9 Å². The molecule has 1 N–H and O–H groups in total. The van der Waals surface area contributed by atoms with Gasteiger partial charge < -0.3 is 4.42 Å². The molecule has 7 nitrogen and oxygen atoms in total. The average Bonchev–Trinajstić information content (AvgIpc) is 3.47. The Kier molecular flexibility index (Phi) is 5.65. The minimum atomic E-state index is -4.49. The van der Waals surface area contributed by atoms with E-state index in [4.69, 9.17) is 4.42 Å². The molecule has 0 unspecified atom stereocenters. The van der Waals surface area contributed by atoms with Crippen molar-refractivity contribution in [3.8, 4) is 22.6 Å². The number of hydrogen-bond acceptors (Lipinski definition) is 5. The Bertz CT molecular complexity index is 1370. The number of H-pyrrole nitrogens is 1. The van der Waals surface area contributed by atoms with Crippen molar-refractivity contribution < 1.29 is 27.3 Å². The van der Waals surface area contributed by atoms with Gasteiger partial charge in [0.05, 0.1) is 22.4 Å². The molecule has 4 rings (SSSR count). The lowest BCUT2D eigenvalue weighted by Crippen LogP contribution is -2.04. The van der Waals surface area contributed by atoms with Gasteiger partial charge in [-0.05, 0) is 36.4 Å². The van der Waals surface area contributed by atoms with Gasteiger partial charge in [0.1, 0.15) is 5.76 Å². The van der Waals surface area contributed by atoms with Crippen LogP contribution in [0.3, 0.4) is 0 Å². The molecule has 0 amide bonds. The summed E-state index contributed by atoms with van der Waals surface area (Å²) in [5.41, 5.74) is 0.776. The Labute approximate surface area is 184 Å². The zero-order valence-corrected chi connectivity index (χ0v) is 16.7. The van der Waals surface area contributed by atoms with Crippen molar-refractivity contribution in [2.75, 3.05) is 0 Å². The number of hydrogen-bond donors (Lipinski definition) is 1. The highest BCUT2D eigenvalue weighted by atomic mass is 19.4. The van der Waals surface area contributed by atoms with Gasteiger partial charge in [0.25, 0.3) is 5.69 Å². The lowest BCUT2D eigenvalue weighted by Gasteiger charge is -2.07. The van der Waals surface area contributed by atoms with E-state index in [1.165, 1.54) is 60.8 Å². The van der Waals surface area contributed by atoms with Crippen molar-refractivity contribution >= 4 is 17.5 Å². The highest BCUT2D eigenvalue weighted by molar-refractivity contribution is 6.05. The Balaban J connectivity index is 1.55. The summed E-state index contributed by atoms with van der Waals surface area (Å²) >= 11 is 0. The molecule has 0 spiro atoms. The number of aromatic amines is 1. The number of halogens is 3. The number of alkyl halides is 3. The monoisotopic (exact) mass is 453 g/mol. The third-order valence-corrected chi connectivity index (χ3v) is 4.75. The van der Waals surface area contributed by atoms with E-state index in [2.05, 4.69) is 10.2 Å². The van der Waals surface area contributed by atoms with Gasteiger partial charge in [-0.3, -0.25) is 20.0 Å². The molecule has 0 saturated heterocycles. The molecule has 2 aromatic heterocycles. The lowest BCUT2D eigenvalue weighted by atomic mass is 10.1. The molecule has 0 bridgehead atoms. The van der Waals surface area contributed by atoms with Crippen molar-refractivity contribution in [2.24, 2.45) is 0 Å². The van der Waals surface area contributed by atoms with Gasteiger partial charge in [0.15, 0.2) is 5.76 Å². The first-order valence-electron chi connectivity index (χ1n) is 9.50. The van der Waals surface area contributed by atoms with Crippen LogP contribution in [0.25, 0.3) is 28.7 Å². The van der Waals surface area contributed by atoms with E-state index in [0.29, 0.717) is 16.8 Å². The normalized spacial score (nSPS) is 11.7. The topological polar surface area (TPSA) is 102 Å². The van der Waals surface area contributed by atoms with E-state index in [1.54, 1.807) is 6.07 Å². The first-order valence-corrected chi connectivity index (χ1v) is 9.50. The predicted molar refractivity (Wildman–Crippen MR) is 113 cm³/mol. The molecular weight excluding hydrogens is 439 g/mol. The van der Waals surface area contributed by atoms with E-state index in [0.717, 1.165) is 12.1 Å². The van der Waals surface area contributed by atoms with E-state index < -0.39 is 22.4 Å². The molecular formula is C23H14F3N3O4. The van der Waals surface area contributed by atoms with Crippen LogP contribution < -0.4 is 0 Å². The van der Waals surface area contributed by atoms with Gasteiger partial charge in [0.2, 0.25) is 5.78 Å². The zero-order valence-electron chi connectivity index (χ0n) is 16.7. The summed E-state index contributed by atoms with van der Waals surface area (Å²) in [4.78, 5) is 23.0. The fourth-order valence-electron chi connectivity index (χ4n) is 3.15. The quantitative estimate of drug-likeness (QED) is 0.163. The first kappa shape index (κ1) is 21.8. The van der Waals surface area contributed by atoms with Gasteiger partial charge in [-0.25, -0.2) is 0 Å². The number of nitrogens with zero attached hydrogens (tertiary/aromatic N) is 2. The minimum absolute atomic E-state index is 0.0564. The Morgan fingerprint density at radius 3 is 2.58 bits per heavy atom. The molecule has 0 aliphatic heterocycles. The maximum Gasteiger partial charge on any atom is 0.416 e. The standard InChI is InChI=1S/C23H14F3N3O4/c24-23(25,26)17-5-1-3-14(11-17)20-9-10-21(33-20)19(30)8-7-16-13-27-28-22(16)15-4-2-6-18(12-15)29(31)32/h1-13H,(H,27,28). The molecule has 4 aromatic rings. The maximum absolute atomic E-state index is 12.9. The van der Waals surface area contributed by atoms with Crippen molar-refractivity contribution in [3.63, 3.8) is 0 Å². The summed E-state index contributed by atoms with van der Waals surface area (Å²) in [7, 11) is 0. The minimum Gasteiger partial charge on any atom is -0.453 e. The second-order valence-corrected chi connectivity index (χ2v) is 6.95. The van der Waals surface area contributed by atoms with Gasteiger partial charge >= 0.3 is 6.18 Å². The maximum atomic E-state index is 12.9. The molecule has 0 radical (unpaired) electrons. The smallest absolute Gasteiger partial charge is 0.416 e. The molecule has 0 aliphatic carbocycles. The highest BCUT2D eigenvalue weighted by Gasteiger charge is 2.30. The van der Waals surface area contributed by atoms with Crippen LogP contribution in [0.1, 0.15) is 21.7 Å². The SMILES string of the molecule is O=C(C=Cc1cn[nH]c1-c1cccc([N+](=O)[O-])c1)c1ccc(-c2cccc(C(F)(F)F)c2)o1. The molecule has 2 aromatic carbocycles. The number of aromatic nitrogens is 2. The largest absolute Gasteiger partial charge is 0.453 e. The van der Waals surface area contributed by atoms with Crippen molar-refractivity contribution in [1.29, 1.82) is 0 Å². The molecule has 0 aliphatic rings. The zero-order chi connectivity index (χ0) is 23.6. The summed E-state index contributed by atoms with van der Waals surface area (Å²) in [6.07, 6.45) is -0.355. The van der Waals surface area contributed by atoms with Crippen LogP contribution in [0.5, 0.6) is 0 Å². The predicted octanol–water partition coefficient (Wildman–Crippen LogP) is 6.16. The van der Waals surface area contributed by atoms with E-state index >= 15 is 0 Å². The highest BCUT2D eigenvalue weighted by Crippen LogP contribution is 2.33. The number of rotatable bonds is 6. The van der Waals surface area contributed by atoms with E-state index in [1.807, 2.05) is 0 Å². The van der Waals surface area contributed by atoms with E-state index in [9.17, 15) is 28.1 Å². The lowest BCUT2D eigenvalue weighted by molar-refractivity contribution is -0.384. The molecule has 0 saturated carbocycles. The number of carbonyl (C=O) groups is 1. The number of benzene rings is 2. The molecule has 2 heterocycles. The molecule has 0 atom stereocenters. The Morgan fingerprint density at radius 2 is 1.82 bits per heavy atom. The van der Waals surface area contributed by atoms with Gasteiger partial charge in [0, 0.05) is 28.8 Å². The second-order valence-electron chi connectivity index (χ2n) is 6.95. The number of nitrogens with one attached hydrogen (secondary N) is 1. The number of furan rings is 1. The summed E-state index contributed by atoms with van der Waals surface area (Å²) in [6.45, 7) is 0. The Hall–Kier alpha value is -4.47. The van der Waals surface area contributed by atoms with Crippen LogP contribution in [0.15, 0.2) is 77.4 Å². The first-order chi connectivity index (χ1) is 15.7. The third-order valence-electron chi connectivity index (χ3n) is 4.75. The van der Waals surface area contributed by atoms with E-state index in [-0.39, 0.29) is 22.8 Å². The van der Waals surface area contributed by atoms with Gasteiger partial charge in [-0.2, -0.15) is 18.3 Å². The fraction of sp³-hybridized carbons (Fsp3) is 0.0435. The summed E-state index contributed by atoms with van der Waals surface area (Å²) in [5, 5.41) is 17.7. The average molecular weight is 453 g/mol. The van der Waals surface area contributed by atoms with Crippen LogP contribution in [-0.2, 0) is 6.18 Å². The Morgan fingerprint density at radius 1 is 1.06 bits per heavy atom. The second kappa shape index (κ2) is 8.58. The summed E-state index contributed by atoms with van der Waals surface area (Å²) in [6, 6.07) is 13.3. The molecule has 33 heavy (non-hydrogen) atoms. The van der Waals surface area contributed by atoms with Crippen molar-refractivity contribution in [3.05, 3.63) is 99.9 Å². The number of nitro groups is 1. The van der Waals surface area contributed by atoms with Crippen molar-refractivity contribution in [1.82, 2.24) is 10.2 Å². The van der Waals surface area contributed by atoms with Crippen LogP contribution in [0, 0.1) is 10.1 Å².